The lowest BCUT2D eigenvalue weighted by Crippen LogP contribution is -2.34. The number of benzene rings is 1. The van der Waals surface area contributed by atoms with Crippen LogP contribution in [0.3, 0.4) is 0 Å². The highest BCUT2D eigenvalue weighted by Crippen LogP contribution is 2.19. The summed E-state index contributed by atoms with van der Waals surface area (Å²) in [5.41, 5.74) is 0.803. The average molecular weight is 368 g/mol. The summed E-state index contributed by atoms with van der Waals surface area (Å²) in [6, 6.07) is 7.38. The van der Waals surface area contributed by atoms with Gasteiger partial charge >= 0.3 is 0 Å². The molecule has 2 rings (SSSR count). The SMILES string of the molecule is CC(C)CC[C@@H](C)NC(=O)CSc1nnnn1-c1ccc(Cl)cc1. The Hall–Kier alpha value is -1.60. The largest absolute Gasteiger partial charge is 0.353 e. The summed E-state index contributed by atoms with van der Waals surface area (Å²) in [7, 11) is 0. The summed E-state index contributed by atoms with van der Waals surface area (Å²) in [5.74, 6) is 0.907. The van der Waals surface area contributed by atoms with Crippen LogP contribution in [0.25, 0.3) is 5.69 Å². The van der Waals surface area contributed by atoms with E-state index in [0.717, 1.165) is 18.5 Å². The number of hydrogen-bond donors (Lipinski definition) is 1. The predicted molar refractivity (Wildman–Crippen MR) is 96.6 cm³/mol. The number of nitrogens with one attached hydrogen (secondary N) is 1. The van der Waals surface area contributed by atoms with Crippen LogP contribution >= 0.6 is 23.4 Å². The van der Waals surface area contributed by atoms with Crippen molar-refractivity contribution in [2.24, 2.45) is 5.92 Å². The van der Waals surface area contributed by atoms with Crippen molar-refractivity contribution in [1.82, 2.24) is 25.5 Å². The number of carbonyl (C=O) groups excluding carboxylic acids is 1. The molecule has 1 atom stereocenters. The summed E-state index contributed by atoms with van der Waals surface area (Å²) in [5, 5.41) is 15.9. The van der Waals surface area contributed by atoms with Crippen LogP contribution in [0.4, 0.5) is 0 Å². The molecule has 0 bridgehead atoms. The van der Waals surface area contributed by atoms with Crippen molar-refractivity contribution in [3.63, 3.8) is 0 Å². The first-order chi connectivity index (χ1) is 11.5. The minimum atomic E-state index is -0.0121. The highest BCUT2D eigenvalue weighted by molar-refractivity contribution is 7.99. The molecule has 0 fully saturated rings. The molecule has 24 heavy (non-hydrogen) atoms. The first kappa shape index (κ1) is 18.7. The smallest absolute Gasteiger partial charge is 0.230 e. The van der Waals surface area contributed by atoms with E-state index < -0.39 is 0 Å². The summed E-state index contributed by atoms with van der Waals surface area (Å²) in [6.07, 6.45) is 2.08. The number of tetrazole rings is 1. The fraction of sp³-hybridized carbons (Fsp3) is 0.500. The van der Waals surface area contributed by atoms with Gasteiger partial charge in [0.1, 0.15) is 0 Å². The standard InChI is InChI=1S/C16H22ClN5OS/c1-11(2)4-5-12(3)18-15(23)10-24-16-19-20-21-22(16)14-8-6-13(17)7-9-14/h6-9,11-12H,4-5,10H2,1-3H3,(H,18,23)/t12-/m1/s1. The van der Waals surface area contributed by atoms with E-state index >= 15 is 0 Å². The van der Waals surface area contributed by atoms with Gasteiger partial charge in [0.15, 0.2) is 0 Å². The quantitative estimate of drug-likeness (QED) is 0.724. The Balaban J connectivity index is 1.87. The second kappa shape index (κ2) is 9.03. The number of carbonyl (C=O) groups is 1. The van der Waals surface area contributed by atoms with E-state index in [2.05, 4.69) is 34.7 Å². The van der Waals surface area contributed by atoms with E-state index in [9.17, 15) is 4.79 Å². The molecule has 1 heterocycles. The predicted octanol–water partition coefficient (Wildman–Crippen LogP) is 3.35. The average Bonchev–Trinajstić information content (AvgIpc) is 3.00. The molecule has 0 unspecified atom stereocenters. The van der Waals surface area contributed by atoms with E-state index in [0.29, 0.717) is 16.1 Å². The van der Waals surface area contributed by atoms with Gasteiger partial charge in [0.2, 0.25) is 11.1 Å². The van der Waals surface area contributed by atoms with Crippen LogP contribution in [0.1, 0.15) is 33.6 Å². The van der Waals surface area contributed by atoms with Crippen molar-refractivity contribution in [3.05, 3.63) is 29.3 Å². The molecule has 0 aliphatic carbocycles. The molecule has 0 aliphatic heterocycles. The van der Waals surface area contributed by atoms with Crippen molar-refractivity contribution in [1.29, 1.82) is 0 Å². The highest BCUT2D eigenvalue weighted by atomic mass is 35.5. The first-order valence-electron chi connectivity index (χ1n) is 7.92. The Morgan fingerprint density at radius 3 is 2.62 bits per heavy atom. The molecule has 2 aromatic rings. The van der Waals surface area contributed by atoms with Crippen molar-refractivity contribution < 1.29 is 4.79 Å². The molecule has 0 saturated heterocycles. The number of rotatable bonds is 8. The molecular weight excluding hydrogens is 346 g/mol. The number of nitrogens with zero attached hydrogens (tertiary/aromatic N) is 4. The fourth-order valence-electron chi connectivity index (χ4n) is 2.12. The maximum Gasteiger partial charge on any atom is 0.230 e. The zero-order chi connectivity index (χ0) is 17.5. The lowest BCUT2D eigenvalue weighted by Gasteiger charge is -2.14. The maximum absolute atomic E-state index is 12.1. The Kier molecular flexibility index (Phi) is 7.05. The first-order valence-corrected chi connectivity index (χ1v) is 9.28. The third-order valence-corrected chi connectivity index (χ3v) is 4.60. The van der Waals surface area contributed by atoms with Gasteiger partial charge in [-0.15, -0.1) is 5.10 Å². The fourth-order valence-corrected chi connectivity index (χ4v) is 2.94. The summed E-state index contributed by atoms with van der Waals surface area (Å²) >= 11 is 7.20. The molecule has 1 aromatic heterocycles. The molecule has 0 radical (unpaired) electrons. The van der Waals surface area contributed by atoms with E-state index in [1.165, 1.54) is 11.8 Å². The third kappa shape index (κ3) is 5.79. The monoisotopic (exact) mass is 367 g/mol. The normalized spacial score (nSPS) is 12.4. The Morgan fingerprint density at radius 2 is 1.96 bits per heavy atom. The number of amides is 1. The van der Waals surface area contributed by atoms with Crippen LogP contribution in [0.15, 0.2) is 29.4 Å². The molecule has 1 N–H and O–H groups in total. The molecular formula is C16H22ClN5OS. The molecule has 0 saturated carbocycles. The summed E-state index contributed by atoms with van der Waals surface area (Å²) in [4.78, 5) is 12.1. The van der Waals surface area contributed by atoms with Gasteiger partial charge in [-0.1, -0.05) is 37.2 Å². The topological polar surface area (TPSA) is 72.7 Å². The lowest BCUT2D eigenvalue weighted by atomic mass is 10.0. The van der Waals surface area contributed by atoms with Gasteiger partial charge < -0.3 is 5.32 Å². The second-order valence-electron chi connectivity index (χ2n) is 6.08. The Bertz CT molecular complexity index is 659. The van der Waals surface area contributed by atoms with Crippen molar-refractivity contribution in [2.45, 2.75) is 44.8 Å². The van der Waals surface area contributed by atoms with Crippen LogP contribution in [0, 0.1) is 5.92 Å². The minimum Gasteiger partial charge on any atom is -0.353 e. The van der Waals surface area contributed by atoms with Gasteiger partial charge in [-0.25, -0.2) is 0 Å². The molecule has 0 spiro atoms. The van der Waals surface area contributed by atoms with Crippen molar-refractivity contribution in [3.8, 4) is 5.69 Å². The Morgan fingerprint density at radius 1 is 1.25 bits per heavy atom. The van der Waals surface area contributed by atoms with Crippen LogP contribution in [0.5, 0.6) is 0 Å². The van der Waals surface area contributed by atoms with E-state index in [4.69, 9.17) is 11.6 Å². The van der Waals surface area contributed by atoms with Crippen LogP contribution in [-0.4, -0.2) is 37.9 Å². The van der Waals surface area contributed by atoms with Crippen molar-refractivity contribution in [2.75, 3.05) is 5.75 Å². The van der Waals surface area contributed by atoms with Gasteiger partial charge in [-0.3, -0.25) is 4.79 Å². The number of thioether (sulfide) groups is 1. The lowest BCUT2D eigenvalue weighted by molar-refractivity contribution is -0.119. The Labute approximate surface area is 151 Å². The number of aromatic nitrogens is 4. The molecule has 1 aromatic carbocycles. The molecule has 8 heteroatoms. The summed E-state index contributed by atoms with van der Waals surface area (Å²) < 4.78 is 1.59. The van der Waals surface area contributed by atoms with Crippen LogP contribution < -0.4 is 5.32 Å². The van der Waals surface area contributed by atoms with Gasteiger partial charge in [0.25, 0.3) is 0 Å². The van der Waals surface area contributed by atoms with E-state index in [-0.39, 0.29) is 17.7 Å². The molecule has 1 amide bonds. The zero-order valence-electron chi connectivity index (χ0n) is 14.1. The maximum atomic E-state index is 12.1. The van der Waals surface area contributed by atoms with Gasteiger partial charge in [-0.2, -0.15) is 4.68 Å². The van der Waals surface area contributed by atoms with Crippen molar-refractivity contribution >= 4 is 29.3 Å². The molecule has 6 nitrogen and oxygen atoms in total. The highest BCUT2D eigenvalue weighted by Gasteiger charge is 2.13. The minimum absolute atomic E-state index is 0.0121. The second-order valence-corrected chi connectivity index (χ2v) is 7.46. The number of hydrogen-bond acceptors (Lipinski definition) is 5. The van der Waals surface area contributed by atoms with Crippen LogP contribution in [0.2, 0.25) is 5.02 Å². The third-order valence-electron chi connectivity index (χ3n) is 3.43. The summed E-state index contributed by atoms with van der Waals surface area (Å²) in [6.45, 7) is 6.39. The van der Waals surface area contributed by atoms with Gasteiger partial charge in [-0.05, 0) is 60.4 Å². The molecule has 130 valence electrons. The van der Waals surface area contributed by atoms with Gasteiger partial charge in [0, 0.05) is 11.1 Å². The van der Waals surface area contributed by atoms with Gasteiger partial charge in [0.05, 0.1) is 11.4 Å². The van der Waals surface area contributed by atoms with E-state index in [1.54, 1.807) is 16.8 Å². The van der Waals surface area contributed by atoms with E-state index in [1.807, 2.05) is 19.1 Å². The zero-order valence-corrected chi connectivity index (χ0v) is 15.6. The number of halogens is 1. The van der Waals surface area contributed by atoms with Crippen LogP contribution in [-0.2, 0) is 4.79 Å². The molecule has 0 aliphatic rings.